The van der Waals surface area contributed by atoms with Crippen molar-refractivity contribution in [2.45, 2.75) is 50.7 Å². The number of aliphatic hydroxyl groups is 1. The lowest BCUT2D eigenvalue weighted by Crippen LogP contribution is -2.44. The van der Waals surface area contributed by atoms with Crippen molar-refractivity contribution >= 4 is 23.5 Å². The number of hydrogen-bond donors (Lipinski definition) is 3. The Morgan fingerprint density at radius 2 is 1.86 bits per heavy atom. The van der Waals surface area contributed by atoms with Gasteiger partial charge < -0.3 is 15.5 Å². The first-order valence-electron chi connectivity index (χ1n) is 9.38. The minimum Gasteiger partial charge on any atom is -0.480 e. The van der Waals surface area contributed by atoms with Gasteiger partial charge in [0.1, 0.15) is 11.6 Å². The molecule has 2 rings (SSSR count). The van der Waals surface area contributed by atoms with Gasteiger partial charge >= 0.3 is 5.97 Å². The molecule has 6 heteroatoms. The standard InChI is InChI=1S/C22H26ClNO4/c1-2-3-12-19(21(26)27)24-20(25)15-22(28,17-9-5-4-6-10-17)14-16-8-7-11-18(23)13-16/h4-11,13,19,28H,2-3,12,14-15H2,1H3,(H,24,25)(H,26,27)/t19-,22?/m0/s1. The van der Waals surface area contributed by atoms with Crippen LogP contribution in [0.25, 0.3) is 0 Å². The summed E-state index contributed by atoms with van der Waals surface area (Å²) >= 11 is 6.05. The predicted molar refractivity (Wildman–Crippen MR) is 109 cm³/mol. The Balaban J connectivity index is 2.22. The Morgan fingerprint density at radius 3 is 2.46 bits per heavy atom. The van der Waals surface area contributed by atoms with E-state index in [4.69, 9.17) is 11.6 Å². The van der Waals surface area contributed by atoms with E-state index >= 15 is 0 Å². The van der Waals surface area contributed by atoms with Crippen molar-refractivity contribution in [3.05, 3.63) is 70.7 Å². The number of carbonyl (C=O) groups is 2. The lowest BCUT2D eigenvalue weighted by molar-refractivity contribution is -0.143. The molecule has 0 heterocycles. The molecule has 0 aliphatic heterocycles. The normalized spacial score (nSPS) is 14.1. The van der Waals surface area contributed by atoms with Crippen LogP contribution in [0.1, 0.15) is 43.7 Å². The second kappa shape index (κ2) is 10.2. The van der Waals surface area contributed by atoms with Gasteiger partial charge in [0.2, 0.25) is 5.91 Å². The summed E-state index contributed by atoms with van der Waals surface area (Å²) in [5.74, 6) is -1.57. The highest BCUT2D eigenvalue weighted by Crippen LogP contribution is 2.30. The Morgan fingerprint density at radius 1 is 1.14 bits per heavy atom. The summed E-state index contributed by atoms with van der Waals surface area (Å²) in [5, 5.41) is 23.8. The summed E-state index contributed by atoms with van der Waals surface area (Å²) in [6, 6.07) is 15.1. The van der Waals surface area contributed by atoms with Gasteiger partial charge in [0.05, 0.1) is 6.42 Å². The average molecular weight is 404 g/mol. The smallest absolute Gasteiger partial charge is 0.326 e. The molecule has 5 nitrogen and oxygen atoms in total. The Bertz CT molecular complexity index is 796. The molecule has 2 atom stereocenters. The third-order valence-corrected chi connectivity index (χ3v) is 4.86. The number of nitrogens with one attached hydrogen (secondary N) is 1. The summed E-state index contributed by atoms with van der Waals surface area (Å²) in [4.78, 5) is 24.0. The highest BCUT2D eigenvalue weighted by atomic mass is 35.5. The summed E-state index contributed by atoms with van der Waals surface area (Å²) in [6.07, 6.45) is 1.82. The van der Waals surface area contributed by atoms with Crippen molar-refractivity contribution in [2.24, 2.45) is 0 Å². The van der Waals surface area contributed by atoms with E-state index in [1.165, 1.54) is 0 Å². The predicted octanol–water partition coefficient (Wildman–Crippen LogP) is 3.92. The van der Waals surface area contributed by atoms with Crippen molar-refractivity contribution in [2.75, 3.05) is 0 Å². The average Bonchev–Trinajstić information content (AvgIpc) is 2.65. The van der Waals surface area contributed by atoms with Crippen LogP contribution in [0, 0.1) is 0 Å². The lowest BCUT2D eigenvalue weighted by Gasteiger charge is -2.29. The van der Waals surface area contributed by atoms with Crippen LogP contribution in [-0.2, 0) is 21.6 Å². The maximum Gasteiger partial charge on any atom is 0.326 e. The van der Waals surface area contributed by atoms with Crippen LogP contribution in [0.3, 0.4) is 0 Å². The maximum absolute atomic E-state index is 12.6. The van der Waals surface area contributed by atoms with Gasteiger partial charge in [-0.05, 0) is 29.7 Å². The molecule has 0 aromatic heterocycles. The molecule has 0 saturated heterocycles. The summed E-state index contributed by atoms with van der Waals surface area (Å²) in [7, 11) is 0. The van der Waals surface area contributed by atoms with Crippen LogP contribution in [0.15, 0.2) is 54.6 Å². The summed E-state index contributed by atoms with van der Waals surface area (Å²) in [6.45, 7) is 1.96. The number of unbranched alkanes of at least 4 members (excludes halogenated alkanes) is 1. The van der Waals surface area contributed by atoms with Crippen molar-refractivity contribution < 1.29 is 19.8 Å². The molecule has 0 bridgehead atoms. The van der Waals surface area contributed by atoms with E-state index in [1.54, 1.807) is 42.5 Å². The van der Waals surface area contributed by atoms with Crippen molar-refractivity contribution in [3.8, 4) is 0 Å². The quantitative estimate of drug-likeness (QED) is 0.561. The molecule has 150 valence electrons. The van der Waals surface area contributed by atoms with Crippen LogP contribution in [0.4, 0.5) is 0 Å². The zero-order chi connectivity index (χ0) is 20.6. The van der Waals surface area contributed by atoms with Gasteiger partial charge in [0, 0.05) is 11.4 Å². The molecule has 2 aromatic carbocycles. The third kappa shape index (κ3) is 6.36. The molecule has 0 aliphatic rings. The number of hydrogen-bond acceptors (Lipinski definition) is 3. The zero-order valence-electron chi connectivity index (χ0n) is 15.9. The highest BCUT2D eigenvalue weighted by molar-refractivity contribution is 6.30. The maximum atomic E-state index is 12.6. The SMILES string of the molecule is CCCC[C@H](NC(=O)CC(O)(Cc1cccc(Cl)c1)c1ccccc1)C(=O)O. The zero-order valence-corrected chi connectivity index (χ0v) is 16.7. The molecule has 3 N–H and O–H groups in total. The molecular weight excluding hydrogens is 378 g/mol. The van der Waals surface area contributed by atoms with Gasteiger partial charge in [-0.3, -0.25) is 4.79 Å². The fourth-order valence-electron chi connectivity index (χ4n) is 3.18. The first kappa shape index (κ1) is 21.9. The van der Waals surface area contributed by atoms with E-state index in [9.17, 15) is 19.8 Å². The van der Waals surface area contributed by atoms with E-state index in [0.717, 1.165) is 12.0 Å². The summed E-state index contributed by atoms with van der Waals surface area (Å²) < 4.78 is 0. The van der Waals surface area contributed by atoms with Gasteiger partial charge in [-0.25, -0.2) is 4.79 Å². The fourth-order valence-corrected chi connectivity index (χ4v) is 3.39. The van der Waals surface area contributed by atoms with Gasteiger partial charge in [0.15, 0.2) is 0 Å². The van der Waals surface area contributed by atoms with Crippen molar-refractivity contribution in [3.63, 3.8) is 0 Å². The monoisotopic (exact) mass is 403 g/mol. The van der Waals surface area contributed by atoms with E-state index in [2.05, 4.69) is 5.32 Å². The second-order valence-electron chi connectivity index (χ2n) is 6.98. The number of amides is 1. The topological polar surface area (TPSA) is 86.6 Å². The molecule has 0 radical (unpaired) electrons. The Labute approximate surface area is 170 Å². The number of benzene rings is 2. The number of aliphatic carboxylic acids is 1. The molecule has 0 fully saturated rings. The highest BCUT2D eigenvalue weighted by Gasteiger charge is 2.33. The van der Waals surface area contributed by atoms with Gasteiger partial charge in [-0.2, -0.15) is 0 Å². The van der Waals surface area contributed by atoms with E-state index in [1.807, 2.05) is 19.1 Å². The first-order chi connectivity index (χ1) is 13.3. The molecule has 1 unspecified atom stereocenters. The second-order valence-corrected chi connectivity index (χ2v) is 7.42. The van der Waals surface area contributed by atoms with Crippen LogP contribution in [0.2, 0.25) is 5.02 Å². The van der Waals surface area contributed by atoms with Gasteiger partial charge in [0.25, 0.3) is 0 Å². The molecule has 0 spiro atoms. The van der Waals surface area contributed by atoms with Gasteiger partial charge in [-0.1, -0.05) is 73.8 Å². The number of halogens is 1. The molecular formula is C22H26ClNO4. The van der Waals surface area contributed by atoms with Crippen molar-refractivity contribution in [1.29, 1.82) is 0 Å². The van der Waals surface area contributed by atoms with Crippen LogP contribution >= 0.6 is 11.6 Å². The number of carboxylic acids is 1. The van der Waals surface area contributed by atoms with E-state index in [-0.39, 0.29) is 12.8 Å². The number of carbonyl (C=O) groups excluding carboxylic acids is 1. The van der Waals surface area contributed by atoms with Crippen LogP contribution in [0.5, 0.6) is 0 Å². The molecule has 2 aromatic rings. The third-order valence-electron chi connectivity index (χ3n) is 4.63. The largest absolute Gasteiger partial charge is 0.480 e. The van der Waals surface area contributed by atoms with Gasteiger partial charge in [-0.15, -0.1) is 0 Å². The minimum absolute atomic E-state index is 0.178. The fraction of sp³-hybridized carbons (Fsp3) is 0.364. The Kier molecular flexibility index (Phi) is 8.03. The number of carboxylic acid groups (broad SMARTS) is 1. The summed E-state index contributed by atoms with van der Waals surface area (Å²) in [5.41, 5.74) is -0.109. The molecule has 1 amide bonds. The van der Waals surface area contributed by atoms with Crippen LogP contribution < -0.4 is 5.32 Å². The molecule has 28 heavy (non-hydrogen) atoms. The van der Waals surface area contributed by atoms with E-state index < -0.39 is 23.5 Å². The first-order valence-corrected chi connectivity index (χ1v) is 9.76. The Hall–Kier alpha value is -2.37. The minimum atomic E-state index is -1.48. The van der Waals surface area contributed by atoms with E-state index in [0.29, 0.717) is 23.4 Å². The van der Waals surface area contributed by atoms with Crippen molar-refractivity contribution in [1.82, 2.24) is 5.32 Å². The van der Waals surface area contributed by atoms with Crippen LogP contribution in [-0.4, -0.2) is 28.1 Å². The number of rotatable bonds is 10. The molecule has 0 saturated carbocycles. The molecule has 0 aliphatic carbocycles. The lowest BCUT2D eigenvalue weighted by atomic mass is 9.84.